The molecule has 0 aliphatic carbocycles. The summed E-state index contributed by atoms with van der Waals surface area (Å²) in [5, 5.41) is 365. The minimum absolute atomic E-state index is 0.0383. The Bertz CT molecular complexity index is 4140. The summed E-state index contributed by atoms with van der Waals surface area (Å²) in [6.07, 6.45) is -69.1. The molecule has 818 valence electrons. The highest BCUT2D eigenvalue weighted by Crippen LogP contribution is 2.40. The van der Waals surface area contributed by atoms with Gasteiger partial charge in [-0.1, -0.05) is 15.6 Å². The number of ether oxygens (including phenoxy) is 19. The van der Waals surface area contributed by atoms with Crippen molar-refractivity contribution in [2.45, 2.75) is 326 Å². The number of hydrogen-bond acceptors (Lipinski definition) is 61. The first-order chi connectivity index (χ1) is 68.1. The highest BCUT2D eigenvalue weighted by Gasteiger charge is 2.57. The van der Waals surface area contributed by atoms with Crippen molar-refractivity contribution in [3.63, 3.8) is 0 Å². The van der Waals surface area contributed by atoms with Gasteiger partial charge in [0.05, 0.1) is 169 Å². The lowest BCUT2D eigenvalue weighted by atomic mass is 9.97. The van der Waals surface area contributed by atoms with Crippen LogP contribution < -0.4 is 0 Å². The normalized spacial score (nSPS) is 41.4. The standard InChI is InChI=1S/C78H131N9O51S4/c88-13-34-43(97)48(102)57(111)70(126-34)87-33(27-121-4-2-86-32(26-125-8-12-142-78-65(119)56(110)69(42(21-96)134-78)138-74-61(115)52(106)47(101)38(17-92)130-74)29(80-83-86)23-123-6-10-140-76-63(117)54(108)67(40(19-94)132-76)136-72-59(113)50(104)45(99)36(15-90)128-72)30(81-84-87)24-120-3-1-85-31(25-124-7-11-141-77-64(118)55(109)68(41(20-95)133-77)137-73-60(114)51(105)46(100)37(16-91)129-73)28(79-82-85)22-122-5-9-139-75-62(116)53(107)66(39(18-93)131-75)135-71-58(112)49(103)44(98)35(14-89)127-71/h34-78,88-119H,1-27H2/t34-,35-,36-,37-,38-,39-,40-,41-,42-,43-,44+,45+,46+,47+,48+,49+,50+,51+,52+,53-,54-,55-,56-,57-,58-,59-,60-,61-,62-,63-,64-,65-,66-,67-,68-,69-,70-,71+,72+,73+,74+,75+,76+,77+,78+/m1/s1. The maximum atomic E-state index is 11.4. The molecule has 0 bridgehead atoms. The lowest BCUT2D eigenvalue weighted by Gasteiger charge is -2.46. The van der Waals surface area contributed by atoms with Gasteiger partial charge in [0.1, 0.15) is 259 Å². The summed E-state index contributed by atoms with van der Waals surface area (Å²) in [4.78, 5) is 0. The molecule has 9 saturated heterocycles. The van der Waals surface area contributed by atoms with Gasteiger partial charge in [0, 0.05) is 23.0 Å². The third-order valence-corrected chi connectivity index (χ3v) is 29.5. The van der Waals surface area contributed by atoms with Gasteiger partial charge in [-0.3, -0.25) is 0 Å². The fraction of sp³-hybridized carbons (Fsp3) is 0.923. The topological polar surface area (TPSA) is 915 Å². The van der Waals surface area contributed by atoms with Crippen molar-refractivity contribution in [2.75, 3.05) is 122 Å². The summed E-state index contributed by atoms with van der Waals surface area (Å²) in [7, 11) is 0. The molecule has 9 aliphatic heterocycles. The van der Waals surface area contributed by atoms with Gasteiger partial charge in [-0.05, 0) is 0 Å². The van der Waals surface area contributed by atoms with Crippen LogP contribution in [0.2, 0.25) is 0 Å². The van der Waals surface area contributed by atoms with Crippen molar-refractivity contribution in [3.8, 4) is 0 Å². The molecule has 12 heterocycles. The van der Waals surface area contributed by atoms with Crippen LogP contribution in [0.25, 0.3) is 0 Å². The molecule has 0 spiro atoms. The second kappa shape index (κ2) is 55.9. The van der Waals surface area contributed by atoms with Crippen LogP contribution in [-0.2, 0) is 143 Å². The van der Waals surface area contributed by atoms with E-state index in [1.807, 2.05) is 0 Å². The van der Waals surface area contributed by atoms with Crippen molar-refractivity contribution < 1.29 is 253 Å². The van der Waals surface area contributed by atoms with Crippen LogP contribution in [0.4, 0.5) is 0 Å². The van der Waals surface area contributed by atoms with E-state index in [0.717, 1.165) is 51.7 Å². The molecule has 32 N–H and O–H groups in total. The quantitative estimate of drug-likeness (QED) is 0.0233. The van der Waals surface area contributed by atoms with Gasteiger partial charge in [-0.15, -0.1) is 62.3 Å². The zero-order valence-corrected chi connectivity index (χ0v) is 79.1. The van der Waals surface area contributed by atoms with Gasteiger partial charge in [-0.25, -0.2) is 14.0 Å². The molecule has 0 unspecified atom stereocenters. The van der Waals surface area contributed by atoms with E-state index in [2.05, 4.69) is 30.9 Å². The number of thioether (sulfide) groups is 4. The van der Waals surface area contributed by atoms with Crippen molar-refractivity contribution in [1.82, 2.24) is 45.0 Å². The minimum Gasteiger partial charge on any atom is -0.394 e. The summed E-state index contributed by atoms with van der Waals surface area (Å²) in [6.45, 7) is -10.1. The molecular formula is C78H131N9O51S4. The molecule has 0 radical (unpaired) electrons. The monoisotopic (exact) mass is 2140 g/mol. The average Bonchev–Trinajstić information content (AvgIpc) is 1.61. The molecule has 60 nitrogen and oxygen atoms in total. The van der Waals surface area contributed by atoms with E-state index in [-0.39, 0.29) is 132 Å². The Morgan fingerprint density at radius 2 is 0.458 bits per heavy atom. The first-order valence-electron chi connectivity index (χ1n) is 45.5. The molecule has 0 amide bonds. The SMILES string of the molecule is OC[C@H]1O[C@@H](O[C@H]2[C@H](O)[C@@H](O)[C@H](SCCOCc3nnn(CCOCc4nnn([C@@H]5O[C@H](CO)[C@@H](O)[C@H](O)[C@H]5O)c4COCCn4nnc(COCCS[C@@H]5O[C@H](CO)[C@@H](O[C@@H]6O[C@H](CO)[C@H](O)[C@H](O)[C@H]6O)[C@H](O)[C@H]5O)c4COCCS[C@@H]4O[C@H](CO)[C@@H](O[C@@H]5O[C@H](CO)[C@H](O)[C@H](O)[C@H]5O)[C@H](O)[C@H]4O)c3COCCS[C@@H]3O[C@H](CO)[C@@H](O[C@@H]4O[C@H](CO)[C@H](O)[C@H](O)[C@H]4O)[C@H](O)[C@H]3O)O[C@@H]2CO)[C@H](O)[C@@H](O)[C@H]1O. The Morgan fingerprint density at radius 1 is 0.225 bits per heavy atom. The van der Waals surface area contributed by atoms with Crippen LogP contribution >= 0.6 is 47.0 Å². The second-order valence-electron chi connectivity index (χ2n) is 34.4. The Kier molecular flexibility index (Phi) is 46.2. The number of aliphatic hydroxyl groups is 32. The number of nitrogens with zero attached hydrogens (tertiary/aromatic N) is 9. The van der Waals surface area contributed by atoms with Crippen LogP contribution in [0, 0.1) is 0 Å². The van der Waals surface area contributed by atoms with E-state index in [0.29, 0.717) is 11.4 Å². The molecule has 3 aromatic rings. The molecule has 3 aromatic heterocycles. The summed E-state index contributed by atoms with van der Waals surface area (Å²) in [5.41, 5.74) is -3.77. The van der Waals surface area contributed by atoms with Gasteiger partial charge in [-0.2, -0.15) is 0 Å². The largest absolute Gasteiger partial charge is 0.394 e. The van der Waals surface area contributed by atoms with Gasteiger partial charge in [0.25, 0.3) is 0 Å². The first-order valence-corrected chi connectivity index (χ1v) is 49.6. The van der Waals surface area contributed by atoms with E-state index >= 15 is 0 Å². The highest BCUT2D eigenvalue weighted by molar-refractivity contribution is 8.00. The van der Waals surface area contributed by atoms with Gasteiger partial charge in [0.15, 0.2) is 31.4 Å². The first kappa shape index (κ1) is 117. The Labute approximate surface area is 823 Å². The van der Waals surface area contributed by atoms with Crippen LogP contribution in [0.3, 0.4) is 0 Å². The maximum absolute atomic E-state index is 11.4. The maximum Gasteiger partial charge on any atom is 0.187 e. The molecule has 64 heteroatoms. The van der Waals surface area contributed by atoms with E-state index in [1.54, 1.807) is 0 Å². The van der Waals surface area contributed by atoms with Crippen molar-refractivity contribution >= 4 is 47.0 Å². The van der Waals surface area contributed by atoms with Crippen molar-refractivity contribution in [3.05, 3.63) is 34.2 Å². The number of rotatable bonds is 52. The van der Waals surface area contributed by atoms with Crippen LogP contribution in [0.1, 0.15) is 40.4 Å². The molecule has 0 saturated carbocycles. The Morgan fingerprint density at radius 3 is 0.739 bits per heavy atom. The third kappa shape index (κ3) is 28.1. The summed E-state index contributed by atoms with van der Waals surface area (Å²) in [5.74, 6) is 0.203. The van der Waals surface area contributed by atoms with E-state index in [4.69, 9.17) is 90.0 Å². The summed E-state index contributed by atoms with van der Waals surface area (Å²) in [6, 6.07) is 0. The number of aliphatic hydroxyl groups excluding tert-OH is 32. The van der Waals surface area contributed by atoms with Gasteiger partial charge >= 0.3 is 0 Å². The zero-order valence-electron chi connectivity index (χ0n) is 75.8. The minimum atomic E-state index is -1.90. The molecule has 0 aromatic carbocycles. The molecule has 12 rings (SSSR count). The van der Waals surface area contributed by atoms with Gasteiger partial charge < -0.3 is 253 Å². The number of hydrogen-bond donors (Lipinski definition) is 32. The Balaban J connectivity index is 0.701. The molecule has 9 aliphatic rings. The van der Waals surface area contributed by atoms with Crippen LogP contribution in [-0.4, -0.2) is 597 Å². The third-order valence-electron chi connectivity index (χ3n) is 25.0. The molecule has 45 atom stereocenters. The van der Waals surface area contributed by atoms with E-state index in [1.165, 1.54) is 9.36 Å². The van der Waals surface area contributed by atoms with Crippen molar-refractivity contribution in [2.24, 2.45) is 0 Å². The van der Waals surface area contributed by atoms with Crippen LogP contribution in [0.15, 0.2) is 0 Å². The highest BCUT2D eigenvalue weighted by atomic mass is 32.2. The smallest absolute Gasteiger partial charge is 0.187 e. The van der Waals surface area contributed by atoms with E-state index in [9.17, 15) is 163 Å². The lowest BCUT2D eigenvalue weighted by molar-refractivity contribution is -0.338. The lowest BCUT2D eigenvalue weighted by Crippen LogP contribution is -2.64. The average molecular weight is 2140 g/mol. The predicted molar refractivity (Wildman–Crippen MR) is 462 cm³/mol. The fourth-order valence-corrected chi connectivity index (χ4v) is 20.8. The predicted octanol–water partition coefficient (Wildman–Crippen LogP) is -19.6. The summed E-state index contributed by atoms with van der Waals surface area (Å²) < 4.78 is 115. The summed E-state index contributed by atoms with van der Waals surface area (Å²) >= 11 is 3.83. The van der Waals surface area contributed by atoms with Crippen molar-refractivity contribution in [1.29, 1.82) is 0 Å². The fourth-order valence-electron chi connectivity index (χ4n) is 16.7. The molecule has 9 fully saturated rings. The number of aromatic nitrogens is 9. The second-order valence-corrected chi connectivity index (χ2v) is 39.2. The van der Waals surface area contributed by atoms with E-state index < -0.39 is 339 Å². The molecule has 142 heavy (non-hydrogen) atoms. The Hall–Kier alpha value is -3.22. The van der Waals surface area contributed by atoms with Crippen LogP contribution in [0.5, 0.6) is 0 Å². The molecular weight excluding hydrogens is 2010 g/mol. The zero-order chi connectivity index (χ0) is 103. The van der Waals surface area contributed by atoms with Gasteiger partial charge in [0.2, 0.25) is 0 Å².